The maximum Gasteiger partial charge on any atom is 0.246 e. The highest BCUT2D eigenvalue weighted by Crippen LogP contribution is 2.49. The van der Waals surface area contributed by atoms with Gasteiger partial charge < -0.3 is 30.1 Å². The lowest BCUT2D eigenvalue weighted by atomic mass is 9.96. The van der Waals surface area contributed by atoms with Gasteiger partial charge >= 0.3 is 0 Å². The van der Waals surface area contributed by atoms with Gasteiger partial charge in [-0.1, -0.05) is 24.2 Å². The van der Waals surface area contributed by atoms with Crippen molar-refractivity contribution in [2.45, 2.75) is 6.04 Å². The highest BCUT2D eigenvalue weighted by atomic mass is 35.5. The highest BCUT2D eigenvalue weighted by Gasteiger charge is 2.32. The average molecular weight is 475 g/mol. The number of hydrogen-bond donors (Lipinski definition) is 4. The Morgan fingerprint density at radius 3 is 2.64 bits per heavy atom. The second kappa shape index (κ2) is 9.29. The van der Waals surface area contributed by atoms with Gasteiger partial charge in [0.1, 0.15) is 24.0 Å². The Hall–Kier alpha value is -3.30. The van der Waals surface area contributed by atoms with Crippen molar-refractivity contribution in [3.05, 3.63) is 53.3 Å². The molecule has 0 saturated carbocycles. The van der Waals surface area contributed by atoms with Crippen LogP contribution in [0, 0.1) is 11.2 Å². The molecule has 2 aromatic carbocycles. The van der Waals surface area contributed by atoms with E-state index in [-0.39, 0.29) is 52.6 Å². The summed E-state index contributed by atoms with van der Waals surface area (Å²) in [6.07, 6.45) is 1.27. The van der Waals surface area contributed by atoms with Crippen molar-refractivity contribution < 1.29 is 24.1 Å². The van der Waals surface area contributed by atoms with Crippen LogP contribution in [0.15, 0.2) is 36.9 Å². The van der Waals surface area contributed by atoms with E-state index in [2.05, 4.69) is 11.9 Å². The van der Waals surface area contributed by atoms with Crippen LogP contribution in [0.2, 0.25) is 5.02 Å². The maximum atomic E-state index is 14.7. The second-order valence-corrected chi connectivity index (χ2v) is 8.23. The first-order chi connectivity index (χ1) is 15.8. The number of aliphatic hydroxyl groups excluding tert-OH is 1. The number of aromatic hydroxyl groups is 1. The van der Waals surface area contributed by atoms with Gasteiger partial charge in [0, 0.05) is 31.7 Å². The molecule has 8 nitrogen and oxygen atoms in total. The molecule has 4 N–H and O–H groups in total. The number of amides is 1. The number of carbonyl (C=O) groups excluding carboxylic acids is 1. The lowest BCUT2D eigenvalue weighted by Crippen LogP contribution is -2.50. The molecule has 0 spiro atoms. The Kier molecular flexibility index (Phi) is 6.44. The van der Waals surface area contributed by atoms with Crippen molar-refractivity contribution in [1.82, 2.24) is 9.80 Å². The lowest BCUT2D eigenvalue weighted by Gasteiger charge is -2.37. The first-order valence-electron chi connectivity index (χ1n) is 10.5. The smallest absolute Gasteiger partial charge is 0.246 e. The first kappa shape index (κ1) is 22.9. The van der Waals surface area contributed by atoms with E-state index in [0.29, 0.717) is 37.4 Å². The van der Waals surface area contributed by atoms with Crippen LogP contribution in [0.5, 0.6) is 11.5 Å². The van der Waals surface area contributed by atoms with Crippen LogP contribution in [0.4, 0.5) is 10.1 Å². The fraction of sp³-hybridized carbons (Fsp3) is 0.304. The number of carbonyl (C=O) groups is 1. The molecule has 0 unspecified atom stereocenters. The fourth-order valence-electron chi connectivity index (χ4n) is 4.07. The van der Waals surface area contributed by atoms with Gasteiger partial charge in [0.15, 0.2) is 5.75 Å². The number of halogens is 2. The van der Waals surface area contributed by atoms with Crippen molar-refractivity contribution in [1.29, 1.82) is 5.41 Å². The summed E-state index contributed by atoms with van der Waals surface area (Å²) in [6, 6.07) is 5.05. The number of fused-ring (bicyclic) bond motifs is 1. The van der Waals surface area contributed by atoms with E-state index in [1.54, 1.807) is 4.90 Å². The number of hydrogen-bond acceptors (Lipinski definition) is 6. The van der Waals surface area contributed by atoms with Gasteiger partial charge in [-0.3, -0.25) is 10.2 Å². The lowest BCUT2D eigenvalue weighted by molar-refractivity contribution is -0.127. The molecule has 2 aliphatic heterocycles. The van der Waals surface area contributed by atoms with Crippen LogP contribution in [0.25, 0.3) is 11.1 Å². The van der Waals surface area contributed by atoms with E-state index >= 15 is 0 Å². The zero-order chi connectivity index (χ0) is 23.7. The molecule has 1 fully saturated rings. The zero-order valence-electron chi connectivity index (χ0n) is 17.8. The molecule has 33 heavy (non-hydrogen) atoms. The van der Waals surface area contributed by atoms with E-state index in [4.69, 9.17) is 21.7 Å². The molecule has 0 bridgehead atoms. The Morgan fingerprint density at radius 2 is 2.00 bits per heavy atom. The molecule has 1 saturated heterocycles. The Balaban J connectivity index is 1.76. The number of phenolic OH excluding ortho intramolecular Hbond substituents is 1. The molecule has 1 amide bonds. The minimum atomic E-state index is -0.669. The van der Waals surface area contributed by atoms with Crippen LogP contribution in [-0.4, -0.2) is 77.2 Å². The Morgan fingerprint density at radius 1 is 1.30 bits per heavy atom. The number of benzene rings is 2. The normalized spacial score (nSPS) is 17.6. The standard InChI is InChI=1S/C23H24ClFN4O4/c1-2-18(32)28-6-8-29(9-7-28)23(26)14-10-15(24)19(20-16(25)4-3-5-17(20)31)22-21(14)27-13(11-30)12-33-22/h2-5,10,13,26-27,30-31H,1,6-9,11-12H2/t13-/m1/s1. The number of amidine groups is 1. The summed E-state index contributed by atoms with van der Waals surface area (Å²) in [5.41, 5.74) is 0.870. The third kappa shape index (κ3) is 4.21. The molecule has 2 aliphatic rings. The summed E-state index contributed by atoms with van der Waals surface area (Å²) in [7, 11) is 0. The second-order valence-electron chi connectivity index (χ2n) is 7.82. The van der Waals surface area contributed by atoms with E-state index in [0.717, 1.165) is 0 Å². The molecule has 2 heterocycles. The number of ether oxygens (including phenoxy) is 1. The van der Waals surface area contributed by atoms with E-state index in [1.165, 1.54) is 30.3 Å². The fourth-order valence-corrected chi connectivity index (χ4v) is 4.36. The largest absolute Gasteiger partial charge is 0.507 e. The molecule has 0 aliphatic carbocycles. The van der Waals surface area contributed by atoms with E-state index < -0.39 is 11.9 Å². The first-order valence-corrected chi connectivity index (χ1v) is 10.8. The zero-order valence-corrected chi connectivity index (χ0v) is 18.5. The number of rotatable bonds is 4. The summed E-state index contributed by atoms with van der Waals surface area (Å²) >= 11 is 6.57. The molecular formula is C23H24ClFN4O4. The van der Waals surface area contributed by atoms with E-state index in [9.17, 15) is 19.4 Å². The molecular weight excluding hydrogens is 451 g/mol. The number of nitrogens with zero attached hydrogens (tertiary/aromatic N) is 2. The van der Waals surface area contributed by atoms with Crippen molar-refractivity contribution in [3.63, 3.8) is 0 Å². The quantitative estimate of drug-likeness (QED) is 0.308. The number of piperazine rings is 1. The van der Waals surface area contributed by atoms with Crippen molar-refractivity contribution >= 4 is 29.0 Å². The number of phenols is 1. The van der Waals surface area contributed by atoms with Gasteiger partial charge in [-0.2, -0.15) is 0 Å². The predicted molar refractivity (Wildman–Crippen MR) is 124 cm³/mol. The molecule has 10 heteroatoms. The number of nitrogens with one attached hydrogen (secondary N) is 2. The third-order valence-electron chi connectivity index (χ3n) is 5.81. The van der Waals surface area contributed by atoms with Gasteiger partial charge in [-0.25, -0.2) is 4.39 Å². The Labute approximate surface area is 195 Å². The summed E-state index contributed by atoms with van der Waals surface area (Å²) < 4.78 is 20.6. The monoisotopic (exact) mass is 474 g/mol. The van der Waals surface area contributed by atoms with Crippen molar-refractivity contribution in [2.75, 3.05) is 44.7 Å². The molecule has 2 aromatic rings. The maximum absolute atomic E-state index is 14.7. The van der Waals surface area contributed by atoms with Crippen LogP contribution >= 0.6 is 11.6 Å². The molecule has 4 rings (SSSR count). The number of anilines is 1. The van der Waals surface area contributed by atoms with Crippen molar-refractivity contribution in [3.8, 4) is 22.6 Å². The summed E-state index contributed by atoms with van der Waals surface area (Å²) in [4.78, 5) is 15.3. The molecule has 0 radical (unpaired) electrons. The number of aliphatic hydroxyl groups is 1. The topological polar surface area (TPSA) is 109 Å². The van der Waals surface area contributed by atoms with Gasteiger partial charge in [0.2, 0.25) is 5.91 Å². The molecule has 0 aromatic heterocycles. The van der Waals surface area contributed by atoms with Crippen LogP contribution in [0.3, 0.4) is 0 Å². The van der Waals surface area contributed by atoms with Crippen LogP contribution < -0.4 is 10.1 Å². The SMILES string of the molecule is C=CC(=O)N1CCN(C(=N)c2cc(Cl)c(-c3c(O)cccc3F)c3c2N[C@H](CO)CO3)CC1. The summed E-state index contributed by atoms with van der Waals surface area (Å²) in [5.74, 6) is -0.766. The Bertz CT molecular complexity index is 1100. The van der Waals surface area contributed by atoms with Crippen molar-refractivity contribution in [2.24, 2.45) is 0 Å². The molecule has 1 atom stereocenters. The van der Waals surface area contributed by atoms with Gasteiger partial charge in [0.25, 0.3) is 0 Å². The summed E-state index contributed by atoms with van der Waals surface area (Å²) in [6.45, 7) is 5.14. The highest BCUT2D eigenvalue weighted by molar-refractivity contribution is 6.35. The molecule has 174 valence electrons. The van der Waals surface area contributed by atoms with Crippen LogP contribution in [0.1, 0.15) is 5.56 Å². The van der Waals surface area contributed by atoms with Crippen LogP contribution in [-0.2, 0) is 4.79 Å². The third-order valence-corrected chi connectivity index (χ3v) is 6.11. The summed E-state index contributed by atoms with van der Waals surface area (Å²) in [5, 5.41) is 32.1. The predicted octanol–water partition coefficient (Wildman–Crippen LogP) is 2.67. The minimum Gasteiger partial charge on any atom is -0.507 e. The van der Waals surface area contributed by atoms with Gasteiger partial charge in [0.05, 0.1) is 34.5 Å². The minimum absolute atomic E-state index is 0.0984. The van der Waals surface area contributed by atoms with E-state index in [1.807, 2.05) is 4.90 Å². The average Bonchev–Trinajstić information content (AvgIpc) is 2.83. The van der Waals surface area contributed by atoms with Gasteiger partial charge in [-0.05, 0) is 24.3 Å². The van der Waals surface area contributed by atoms with Gasteiger partial charge in [-0.15, -0.1) is 0 Å².